The molecule has 0 radical (unpaired) electrons. The van der Waals surface area contributed by atoms with Gasteiger partial charge >= 0.3 is 5.97 Å². The van der Waals surface area contributed by atoms with Crippen molar-refractivity contribution in [3.8, 4) is 0 Å². The number of ether oxygens (including phenoxy) is 2. The van der Waals surface area contributed by atoms with Crippen LogP contribution in [0.1, 0.15) is 25.7 Å². The molecule has 0 aliphatic heterocycles. The number of hydrogen-bond acceptors (Lipinski definition) is 4. The van der Waals surface area contributed by atoms with E-state index in [1.807, 2.05) is 0 Å². The highest BCUT2D eigenvalue weighted by Gasteiger charge is 2.35. The molecule has 6 heteroatoms. The molecule has 110 valence electrons. The molecule has 0 aromatic rings. The van der Waals surface area contributed by atoms with Gasteiger partial charge in [0.1, 0.15) is 0 Å². The fourth-order valence-electron chi connectivity index (χ4n) is 2.36. The van der Waals surface area contributed by atoms with E-state index in [4.69, 9.17) is 14.6 Å². The fourth-order valence-corrected chi connectivity index (χ4v) is 2.36. The van der Waals surface area contributed by atoms with Crippen molar-refractivity contribution in [2.75, 3.05) is 33.5 Å². The van der Waals surface area contributed by atoms with Crippen molar-refractivity contribution in [1.82, 2.24) is 5.32 Å². The number of rotatable bonds is 8. The number of carboxylic acids is 1. The smallest absolute Gasteiger partial charge is 0.307 e. The Labute approximate surface area is 113 Å². The number of carboxylic acid groups (broad SMARTS) is 1. The van der Waals surface area contributed by atoms with E-state index in [1.54, 1.807) is 7.11 Å². The molecule has 2 N–H and O–H groups in total. The van der Waals surface area contributed by atoms with Crippen LogP contribution < -0.4 is 5.32 Å². The molecule has 0 aromatic carbocycles. The van der Waals surface area contributed by atoms with E-state index in [-0.39, 0.29) is 5.91 Å². The van der Waals surface area contributed by atoms with E-state index in [9.17, 15) is 9.59 Å². The third kappa shape index (κ3) is 5.57. The molecule has 1 amide bonds. The Bertz CT molecular complexity index is 295. The second-order valence-electron chi connectivity index (χ2n) is 4.73. The van der Waals surface area contributed by atoms with Gasteiger partial charge in [0.05, 0.1) is 31.7 Å². The molecule has 19 heavy (non-hydrogen) atoms. The van der Waals surface area contributed by atoms with E-state index in [2.05, 4.69) is 5.32 Å². The third-order valence-electron chi connectivity index (χ3n) is 3.40. The number of nitrogens with one attached hydrogen (secondary N) is 1. The van der Waals surface area contributed by atoms with E-state index >= 15 is 0 Å². The standard InChI is InChI=1S/C13H23NO5/c1-18-8-9-19-7-6-14-12(15)10-4-2-3-5-11(10)13(16)17/h10-11H,2-9H2,1H3,(H,14,15)(H,16,17). The lowest BCUT2D eigenvalue weighted by Gasteiger charge is -2.27. The van der Waals surface area contributed by atoms with E-state index in [0.29, 0.717) is 39.2 Å². The normalized spacial score (nSPS) is 23.0. The third-order valence-corrected chi connectivity index (χ3v) is 3.40. The van der Waals surface area contributed by atoms with Crippen LogP contribution in [0.15, 0.2) is 0 Å². The van der Waals surface area contributed by atoms with Crippen molar-refractivity contribution < 1.29 is 24.2 Å². The van der Waals surface area contributed by atoms with Crippen molar-refractivity contribution in [1.29, 1.82) is 0 Å². The lowest BCUT2D eigenvalue weighted by Crippen LogP contribution is -2.40. The minimum Gasteiger partial charge on any atom is -0.481 e. The zero-order valence-electron chi connectivity index (χ0n) is 11.4. The summed E-state index contributed by atoms with van der Waals surface area (Å²) in [6.07, 6.45) is 3.07. The Kier molecular flexibility index (Phi) is 7.43. The summed E-state index contributed by atoms with van der Waals surface area (Å²) in [4.78, 5) is 23.0. The second-order valence-corrected chi connectivity index (χ2v) is 4.73. The summed E-state index contributed by atoms with van der Waals surface area (Å²) in [7, 11) is 1.60. The lowest BCUT2D eigenvalue weighted by molar-refractivity contribution is -0.148. The summed E-state index contributed by atoms with van der Waals surface area (Å²) in [6, 6.07) is 0. The summed E-state index contributed by atoms with van der Waals surface area (Å²) in [5.41, 5.74) is 0. The fraction of sp³-hybridized carbons (Fsp3) is 0.846. The van der Waals surface area contributed by atoms with Gasteiger partial charge in [0.25, 0.3) is 0 Å². The molecular formula is C13H23NO5. The molecule has 1 rings (SSSR count). The highest BCUT2D eigenvalue weighted by atomic mass is 16.5. The average molecular weight is 273 g/mol. The molecule has 0 saturated heterocycles. The predicted molar refractivity (Wildman–Crippen MR) is 68.8 cm³/mol. The van der Waals surface area contributed by atoms with Crippen molar-refractivity contribution >= 4 is 11.9 Å². The minimum atomic E-state index is -0.865. The van der Waals surface area contributed by atoms with Gasteiger partial charge in [-0.05, 0) is 12.8 Å². The molecule has 6 nitrogen and oxygen atoms in total. The van der Waals surface area contributed by atoms with Crippen LogP contribution in [0.25, 0.3) is 0 Å². The highest BCUT2D eigenvalue weighted by molar-refractivity contribution is 5.84. The summed E-state index contributed by atoms with van der Waals surface area (Å²) in [5, 5.41) is 11.9. The Hall–Kier alpha value is -1.14. The van der Waals surface area contributed by atoms with Crippen LogP contribution in [0.4, 0.5) is 0 Å². The number of aliphatic carboxylic acids is 1. The maximum atomic E-state index is 11.9. The van der Waals surface area contributed by atoms with Gasteiger partial charge in [-0.15, -0.1) is 0 Å². The first kappa shape index (κ1) is 15.9. The Morgan fingerprint density at radius 3 is 2.47 bits per heavy atom. The minimum absolute atomic E-state index is 0.164. The van der Waals surface area contributed by atoms with Gasteiger partial charge in [-0.25, -0.2) is 0 Å². The summed E-state index contributed by atoms with van der Waals surface area (Å²) >= 11 is 0. The van der Waals surface area contributed by atoms with Crippen LogP contribution >= 0.6 is 0 Å². The molecule has 1 aliphatic rings. The Balaban J connectivity index is 2.25. The monoisotopic (exact) mass is 273 g/mol. The van der Waals surface area contributed by atoms with Gasteiger partial charge in [0, 0.05) is 13.7 Å². The molecule has 0 bridgehead atoms. The molecule has 2 atom stereocenters. The van der Waals surface area contributed by atoms with Gasteiger partial charge < -0.3 is 19.9 Å². The van der Waals surface area contributed by atoms with Crippen molar-refractivity contribution in [3.05, 3.63) is 0 Å². The zero-order chi connectivity index (χ0) is 14.1. The van der Waals surface area contributed by atoms with Gasteiger partial charge in [0.2, 0.25) is 5.91 Å². The number of carbonyl (C=O) groups is 2. The maximum absolute atomic E-state index is 11.9. The van der Waals surface area contributed by atoms with E-state index < -0.39 is 17.8 Å². The molecule has 1 aliphatic carbocycles. The SMILES string of the molecule is COCCOCCNC(=O)C1CCCCC1C(=O)O. The van der Waals surface area contributed by atoms with Crippen LogP contribution in [0, 0.1) is 11.8 Å². The molecule has 0 aromatic heterocycles. The van der Waals surface area contributed by atoms with E-state index in [0.717, 1.165) is 12.8 Å². The first-order valence-electron chi connectivity index (χ1n) is 6.74. The van der Waals surface area contributed by atoms with Gasteiger partial charge in [-0.2, -0.15) is 0 Å². The predicted octanol–water partition coefficient (Wildman–Crippen LogP) is 0.657. The Morgan fingerprint density at radius 2 is 1.84 bits per heavy atom. The summed E-state index contributed by atoms with van der Waals surface area (Å²) < 4.78 is 10.1. The van der Waals surface area contributed by atoms with Crippen molar-refractivity contribution in [2.24, 2.45) is 11.8 Å². The highest BCUT2D eigenvalue weighted by Crippen LogP contribution is 2.30. The topological polar surface area (TPSA) is 84.9 Å². The van der Waals surface area contributed by atoms with Crippen molar-refractivity contribution in [3.63, 3.8) is 0 Å². The molecule has 0 heterocycles. The van der Waals surface area contributed by atoms with E-state index in [1.165, 1.54) is 0 Å². The Morgan fingerprint density at radius 1 is 1.16 bits per heavy atom. The van der Waals surface area contributed by atoms with Crippen LogP contribution in [-0.4, -0.2) is 50.5 Å². The number of amides is 1. The van der Waals surface area contributed by atoms with Gasteiger partial charge in [-0.1, -0.05) is 12.8 Å². The number of methoxy groups -OCH3 is 1. The molecule has 2 unspecified atom stereocenters. The first-order chi connectivity index (χ1) is 9.16. The largest absolute Gasteiger partial charge is 0.481 e. The number of hydrogen-bond donors (Lipinski definition) is 2. The van der Waals surface area contributed by atoms with Crippen LogP contribution in [0.2, 0.25) is 0 Å². The van der Waals surface area contributed by atoms with Crippen LogP contribution in [0.3, 0.4) is 0 Å². The maximum Gasteiger partial charge on any atom is 0.307 e. The van der Waals surface area contributed by atoms with Gasteiger partial charge in [0.15, 0.2) is 0 Å². The second kappa shape index (κ2) is 8.87. The molecule has 0 spiro atoms. The first-order valence-corrected chi connectivity index (χ1v) is 6.74. The summed E-state index contributed by atoms with van der Waals surface area (Å²) in [6.45, 7) is 1.84. The lowest BCUT2D eigenvalue weighted by atomic mass is 9.79. The number of carbonyl (C=O) groups excluding carboxylic acids is 1. The molecule has 1 saturated carbocycles. The van der Waals surface area contributed by atoms with Crippen LogP contribution in [0.5, 0.6) is 0 Å². The van der Waals surface area contributed by atoms with Gasteiger partial charge in [-0.3, -0.25) is 9.59 Å². The van der Waals surface area contributed by atoms with Crippen LogP contribution in [-0.2, 0) is 19.1 Å². The molecule has 1 fully saturated rings. The average Bonchev–Trinajstić information content (AvgIpc) is 2.42. The van der Waals surface area contributed by atoms with Crippen molar-refractivity contribution in [2.45, 2.75) is 25.7 Å². The molecular weight excluding hydrogens is 250 g/mol. The zero-order valence-corrected chi connectivity index (χ0v) is 11.4. The quantitative estimate of drug-likeness (QED) is 0.634. The summed E-state index contributed by atoms with van der Waals surface area (Å²) in [5.74, 6) is -1.97.